The first-order valence-electron chi connectivity index (χ1n) is 4.44. The van der Waals surface area contributed by atoms with Crippen molar-refractivity contribution in [3.05, 3.63) is 21.9 Å². The van der Waals surface area contributed by atoms with Crippen LogP contribution in [-0.2, 0) is 6.54 Å². The molecule has 0 aliphatic heterocycles. The highest BCUT2D eigenvalue weighted by atomic mass is 32.1. The first-order valence-corrected chi connectivity index (χ1v) is 5.26. The van der Waals surface area contributed by atoms with E-state index in [9.17, 15) is 4.79 Å². The normalized spacial score (nSPS) is 9.13. The van der Waals surface area contributed by atoms with Gasteiger partial charge in [0.15, 0.2) is 0 Å². The Hall–Kier alpha value is -1.51. The van der Waals surface area contributed by atoms with Gasteiger partial charge in [-0.2, -0.15) is 0 Å². The summed E-state index contributed by atoms with van der Waals surface area (Å²) in [5.74, 6) is 5.75. The summed E-state index contributed by atoms with van der Waals surface area (Å²) in [5.41, 5.74) is 4.94. The topological polar surface area (TPSA) is 75.4 Å². The fourth-order valence-corrected chi connectivity index (χ4v) is 1.74. The molecule has 1 rings (SSSR count). The molecule has 0 fully saturated rings. The largest absolute Gasteiger partial charge is 0.395 e. The van der Waals surface area contributed by atoms with Crippen molar-refractivity contribution >= 4 is 17.4 Å². The highest BCUT2D eigenvalue weighted by Crippen LogP contribution is 2.14. The minimum Gasteiger partial charge on any atom is -0.395 e. The van der Waals surface area contributed by atoms with Crippen LogP contribution < -0.4 is 11.1 Å². The standard InChI is InChI=1S/C10H12N2O2S/c11-10(14)12-7-9-5-4-8(15-9)3-1-2-6-13/h4-5,13H,2,6-7H2,(H3,11,12,14). The number of hydrogen-bond donors (Lipinski definition) is 3. The van der Waals surface area contributed by atoms with Gasteiger partial charge >= 0.3 is 6.03 Å². The predicted molar refractivity (Wildman–Crippen MR) is 59.3 cm³/mol. The number of thiophene rings is 1. The van der Waals surface area contributed by atoms with Crippen molar-refractivity contribution in [2.45, 2.75) is 13.0 Å². The zero-order chi connectivity index (χ0) is 11.1. The van der Waals surface area contributed by atoms with Gasteiger partial charge in [-0.05, 0) is 12.1 Å². The second-order valence-electron chi connectivity index (χ2n) is 2.76. The van der Waals surface area contributed by atoms with Gasteiger partial charge in [-0.25, -0.2) is 4.79 Å². The van der Waals surface area contributed by atoms with Crippen LogP contribution in [0.4, 0.5) is 4.79 Å². The van der Waals surface area contributed by atoms with Crippen molar-refractivity contribution in [3.8, 4) is 11.8 Å². The van der Waals surface area contributed by atoms with E-state index in [4.69, 9.17) is 10.8 Å². The number of urea groups is 1. The van der Waals surface area contributed by atoms with Gasteiger partial charge < -0.3 is 16.2 Å². The quantitative estimate of drug-likeness (QED) is 0.659. The fourth-order valence-electron chi connectivity index (χ4n) is 0.920. The second-order valence-corrected chi connectivity index (χ2v) is 3.93. The zero-order valence-electron chi connectivity index (χ0n) is 8.12. The average molecular weight is 224 g/mol. The number of hydrogen-bond acceptors (Lipinski definition) is 3. The number of nitrogens with one attached hydrogen (secondary N) is 1. The Bertz CT molecular complexity index is 390. The molecule has 4 N–H and O–H groups in total. The van der Waals surface area contributed by atoms with Crippen LogP contribution in [0, 0.1) is 11.8 Å². The SMILES string of the molecule is NC(=O)NCc1ccc(C#CCCO)s1. The molecule has 80 valence electrons. The van der Waals surface area contributed by atoms with E-state index < -0.39 is 6.03 Å². The summed E-state index contributed by atoms with van der Waals surface area (Å²) in [6.45, 7) is 0.510. The van der Waals surface area contributed by atoms with Crippen LogP contribution in [0.15, 0.2) is 12.1 Å². The third-order valence-electron chi connectivity index (χ3n) is 1.55. The molecule has 1 aromatic heterocycles. The van der Waals surface area contributed by atoms with Gasteiger partial charge in [0.05, 0.1) is 18.0 Å². The molecule has 0 saturated carbocycles. The van der Waals surface area contributed by atoms with Crippen molar-refractivity contribution in [2.24, 2.45) is 5.73 Å². The van der Waals surface area contributed by atoms with Gasteiger partial charge in [0, 0.05) is 11.3 Å². The molecule has 2 amide bonds. The van der Waals surface area contributed by atoms with Crippen molar-refractivity contribution in [1.29, 1.82) is 0 Å². The third-order valence-corrected chi connectivity index (χ3v) is 2.55. The number of carbonyl (C=O) groups is 1. The van der Waals surface area contributed by atoms with Crippen LogP contribution in [0.3, 0.4) is 0 Å². The van der Waals surface area contributed by atoms with Crippen LogP contribution in [0.2, 0.25) is 0 Å². The van der Waals surface area contributed by atoms with E-state index in [1.807, 2.05) is 12.1 Å². The number of nitrogens with two attached hydrogens (primary N) is 1. The first kappa shape index (κ1) is 11.6. The maximum Gasteiger partial charge on any atom is 0.312 e. The van der Waals surface area contributed by atoms with Crippen LogP contribution in [-0.4, -0.2) is 17.7 Å². The first-order chi connectivity index (χ1) is 7.22. The molecular formula is C10H12N2O2S. The van der Waals surface area contributed by atoms with Crippen LogP contribution in [0.1, 0.15) is 16.2 Å². The summed E-state index contributed by atoms with van der Waals surface area (Å²) in [6.07, 6.45) is 0.479. The summed E-state index contributed by atoms with van der Waals surface area (Å²) in [7, 11) is 0. The van der Waals surface area contributed by atoms with Gasteiger partial charge in [-0.1, -0.05) is 11.8 Å². The molecule has 5 heteroatoms. The molecule has 0 saturated heterocycles. The Morgan fingerprint density at radius 1 is 1.60 bits per heavy atom. The summed E-state index contributed by atoms with van der Waals surface area (Å²) >= 11 is 1.50. The fraction of sp³-hybridized carbons (Fsp3) is 0.300. The van der Waals surface area contributed by atoms with Crippen LogP contribution in [0.5, 0.6) is 0 Å². The summed E-state index contributed by atoms with van der Waals surface area (Å²) in [5, 5.41) is 11.0. The van der Waals surface area contributed by atoms with Crippen molar-refractivity contribution < 1.29 is 9.90 Å². The smallest absolute Gasteiger partial charge is 0.312 e. The van der Waals surface area contributed by atoms with E-state index in [1.54, 1.807) is 0 Å². The Kier molecular flexibility index (Phi) is 4.68. The summed E-state index contributed by atoms with van der Waals surface area (Å²) < 4.78 is 0. The van der Waals surface area contributed by atoms with Gasteiger partial charge in [-0.3, -0.25) is 0 Å². The predicted octanol–water partition coefficient (Wildman–Crippen LogP) is 0.650. The van der Waals surface area contributed by atoms with E-state index in [-0.39, 0.29) is 6.61 Å². The number of carbonyl (C=O) groups excluding carboxylic acids is 1. The number of amides is 2. The van der Waals surface area contributed by atoms with Gasteiger partial charge in [0.1, 0.15) is 0 Å². The highest BCUT2D eigenvalue weighted by molar-refractivity contribution is 7.12. The Labute approximate surface area is 92.1 Å². The minimum absolute atomic E-state index is 0.0778. The molecule has 4 nitrogen and oxygen atoms in total. The molecule has 1 heterocycles. The summed E-state index contributed by atoms with van der Waals surface area (Å²) in [6, 6.07) is 3.24. The molecule has 0 unspecified atom stereocenters. The lowest BCUT2D eigenvalue weighted by Gasteiger charge is -1.96. The second kappa shape index (κ2) is 6.06. The van der Waals surface area contributed by atoms with Gasteiger partial charge in [0.2, 0.25) is 0 Å². The lowest BCUT2D eigenvalue weighted by atomic mass is 10.4. The molecule has 0 aliphatic carbocycles. The monoisotopic (exact) mass is 224 g/mol. The number of rotatable bonds is 3. The number of aliphatic hydroxyl groups excluding tert-OH is 1. The summed E-state index contributed by atoms with van der Waals surface area (Å²) in [4.78, 5) is 12.4. The van der Waals surface area contributed by atoms with E-state index >= 15 is 0 Å². The molecule has 15 heavy (non-hydrogen) atoms. The Morgan fingerprint density at radius 3 is 3.07 bits per heavy atom. The zero-order valence-corrected chi connectivity index (χ0v) is 8.93. The van der Waals surface area contributed by atoms with Gasteiger partial charge in [0.25, 0.3) is 0 Å². The molecule has 0 aromatic carbocycles. The molecule has 0 atom stereocenters. The third kappa shape index (κ3) is 4.49. The molecule has 0 aliphatic rings. The average Bonchev–Trinajstić information content (AvgIpc) is 2.63. The van der Waals surface area contributed by atoms with Crippen LogP contribution >= 0.6 is 11.3 Å². The lowest BCUT2D eigenvalue weighted by Crippen LogP contribution is -2.28. The molecular weight excluding hydrogens is 212 g/mol. The molecule has 0 radical (unpaired) electrons. The van der Waals surface area contributed by atoms with Crippen LogP contribution in [0.25, 0.3) is 0 Å². The Morgan fingerprint density at radius 2 is 2.40 bits per heavy atom. The molecule has 0 spiro atoms. The van der Waals surface area contributed by atoms with Gasteiger partial charge in [-0.15, -0.1) is 11.3 Å². The molecule has 0 bridgehead atoms. The minimum atomic E-state index is -0.531. The molecule has 1 aromatic rings. The number of primary amides is 1. The number of aliphatic hydroxyl groups is 1. The highest BCUT2D eigenvalue weighted by Gasteiger charge is 1.98. The van der Waals surface area contributed by atoms with E-state index in [0.29, 0.717) is 13.0 Å². The van der Waals surface area contributed by atoms with E-state index in [1.165, 1.54) is 11.3 Å². The van der Waals surface area contributed by atoms with Crippen molar-refractivity contribution in [3.63, 3.8) is 0 Å². The Balaban J connectivity index is 2.50. The van der Waals surface area contributed by atoms with Crippen molar-refractivity contribution in [1.82, 2.24) is 5.32 Å². The maximum atomic E-state index is 10.5. The van der Waals surface area contributed by atoms with E-state index in [0.717, 1.165) is 9.75 Å². The maximum absolute atomic E-state index is 10.5. The van der Waals surface area contributed by atoms with E-state index in [2.05, 4.69) is 17.2 Å². The van der Waals surface area contributed by atoms with Crippen molar-refractivity contribution in [2.75, 3.05) is 6.61 Å². The lowest BCUT2D eigenvalue weighted by molar-refractivity contribution is 0.248.